The number of hydrogen-bond acceptors (Lipinski definition) is 3. The van der Waals surface area contributed by atoms with E-state index in [1.54, 1.807) is 0 Å². The third-order valence-corrected chi connectivity index (χ3v) is 1.21. The Bertz CT molecular complexity index is 158. The SMILES string of the molecule is CCNCCCOC(=O)C(F)(F)F. The largest absolute Gasteiger partial charge is 0.490 e. The number of carbonyl (C=O) groups is 1. The van der Waals surface area contributed by atoms with E-state index in [4.69, 9.17) is 0 Å². The highest BCUT2D eigenvalue weighted by molar-refractivity contribution is 5.75. The molecule has 0 fully saturated rings. The lowest BCUT2D eigenvalue weighted by Gasteiger charge is -2.06. The molecule has 0 aromatic heterocycles. The maximum absolute atomic E-state index is 11.5. The molecule has 0 aliphatic heterocycles. The summed E-state index contributed by atoms with van der Waals surface area (Å²) in [5.74, 6) is -2.12. The Labute approximate surface area is 74.3 Å². The van der Waals surface area contributed by atoms with Gasteiger partial charge in [0.15, 0.2) is 0 Å². The zero-order chi connectivity index (χ0) is 10.3. The van der Waals surface area contributed by atoms with Crippen LogP contribution >= 0.6 is 0 Å². The quantitative estimate of drug-likeness (QED) is 0.532. The molecule has 0 spiro atoms. The van der Waals surface area contributed by atoms with Crippen LogP contribution in [0.4, 0.5) is 13.2 Å². The molecule has 0 aromatic carbocycles. The molecule has 0 aliphatic carbocycles. The lowest BCUT2D eigenvalue weighted by Crippen LogP contribution is -2.26. The van der Waals surface area contributed by atoms with Crippen molar-refractivity contribution in [2.24, 2.45) is 0 Å². The summed E-state index contributed by atoms with van der Waals surface area (Å²) < 4.78 is 38.6. The van der Waals surface area contributed by atoms with Gasteiger partial charge in [-0.3, -0.25) is 0 Å². The molecule has 0 saturated carbocycles. The van der Waals surface area contributed by atoms with Crippen LogP contribution in [0.5, 0.6) is 0 Å². The number of carbonyl (C=O) groups excluding carboxylic acids is 1. The van der Waals surface area contributed by atoms with Crippen molar-refractivity contribution >= 4 is 5.97 Å². The molecule has 13 heavy (non-hydrogen) atoms. The zero-order valence-electron chi connectivity index (χ0n) is 7.28. The van der Waals surface area contributed by atoms with Gasteiger partial charge in [0.25, 0.3) is 0 Å². The predicted octanol–water partition coefficient (Wildman–Crippen LogP) is 1.09. The Hall–Kier alpha value is -0.780. The summed E-state index contributed by atoms with van der Waals surface area (Å²) in [6, 6.07) is 0. The third-order valence-electron chi connectivity index (χ3n) is 1.21. The van der Waals surface area contributed by atoms with Gasteiger partial charge in [0.2, 0.25) is 0 Å². The second-order valence-electron chi connectivity index (χ2n) is 2.34. The van der Waals surface area contributed by atoms with Crippen molar-refractivity contribution in [2.75, 3.05) is 19.7 Å². The van der Waals surface area contributed by atoms with Crippen molar-refractivity contribution in [3.05, 3.63) is 0 Å². The molecule has 0 saturated heterocycles. The first-order valence-electron chi connectivity index (χ1n) is 3.93. The number of hydrogen-bond donors (Lipinski definition) is 1. The van der Waals surface area contributed by atoms with Gasteiger partial charge in [0.05, 0.1) is 6.61 Å². The molecule has 0 atom stereocenters. The standard InChI is InChI=1S/C7H12F3NO2/c1-2-11-4-3-5-13-6(12)7(8,9)10/h11H,2-5H2,1H3. The van der Waals surface area contributed by atoms with Gasteiger partial charge in [-0.25, -0.2) is 4.79 Å². The van der Waals surface area contributed by atoms with Crippen LogP contribution in [0.2, 0.25) is 0 Å². The Morgan fingerprint density at radius 3 is 2.54 bits per heavy atom. The molecule has 0 radical (unpaired) electrons. The van der Waals surface area contributed by atoms with Crippen LogP contribution in [0.25, 0.3) is 0 Å². The van der Waals surface area contributed by atoms with Gasteiger partial charge in [-0.15, -0.1) is 0 Å². The van der Waals surface area contributed by atoms with E-state index in [-0.39, 0.29) is 6.61 Å². The van der Waals surface area contributed by atoms with Gasteiger partial charge in [0.1, 0.15) is 0 Å². The van der Waals surface area contributed by atoms with Crippen LogP contribution in [-0.4, -0.2) is 31.8 Å². The first kappa shape index (κ1) is 12.2. The minimum absolute atomic E-state index is 0.203. The van der Waals surface area contributed by atoms with E-state index < -0.39 is 12.1 Å². The Balaban J connectivity index is 3.38. The second kappa shape index (κ2) is 5.80. The van der Waals surface area contributed by atoms with Crippen LogP contribution in [-0.2, 0) is 9.53 Å². The minimum atomic E-state index is -4.88. The summed E-state index contributed by atoms with van der Waals surface area (Å²) in [5.41, 5.74) is 0. The Kier molecular flexibility index (Phi) is 5.45. The Morgan fingerprint density at radius 1 is 1.46 bits per heavy atom. The van der Waals surface area contributed by atoms with Crippen molar-refractivity contribution in [3.8, 4) is 0 Å². The lowest BCUT2D eigenvalue weighted by atomic mass is 10.4. The molecule has 3 nitrogen and oxygen atoms in total. The number of esters is 1. The molecule has 78 valence electrons. The van der Waals surface area contributed by atoms with Crippen LogP contribution < -0.4 is 5.32 Å². The van der Waals surface area contributed by atoms with Crippen molar-refractivity contribution < 1.29 is 22.7 Å². The molecule has 0 amide bonds. The summed E-state index contributed by atoms with van der Waals surface area (Å²) in [6.45, 7) is 2.96. The van der Waals surface area contributed by atoms with E-state index in [9.17, 15) is 18.0 Å². The third kappa shape index (κ3) is 6.39. The van der Waals surface area contributed by atoms with Gasteiger partial charge in [-0.05, 0) is 19.5 Å². The molecular weight excluding hydrogens is 187 g/mol. The summed E-state index contributed by atoms with van der Waals surface area (Å²) in [6.07, 6.45) is -4.49. The number of rotatable bonds is 5. The van der Waals surface area contributed by atoms with E-state index in [0.717, 1.165) is 6.54 Å². The van der Waals surface area contributed by atoms with Crippen molar-refractivity contribution in [2.45, 2.75) is 19.5 Å². The van der Waals surface area contributed by atoms with Crippen LogP contribution in [0, 0.1) is 0 Å². The lowest BCUT2D eigenvalue weighted by molar-refractivity contribution is -0.199. The molecule has 0 unspecified atom stereocenters. The maximum atomic E-state index is 11.5. The average molecular weight is 199 g/mol. The zero-order valence-corrected chi connectivity index (χ0v) is 7.28. The predicted molar refractivity (Wildman–Crippen MR) is 40.2 cm³/mol. The highest BCUT2D eigenvalue weighted by Gasteiger charge is 2.40. The fraction of sp³-hybridized carbons (Fsp3) is 0.857. The monoisotopic (exact) mass is 199 g/mol. The van der Waals surface area contributed by atoms with Crippen molar-refractivity contribution in [3.63, 3.8) is 0 Å². The normalized spacial score (nSPS) is 11.4. The van der Waals surface area contributed by atoms with Gasteiger partial charge < -0.3 is 10.1 Å². The highest BCUT2D eigenvalue weighted by atomic mass is 19.4. The fourth-order valence-corrected chi connectivity index (χ4v) is 0.621. The molecule has 0 aromatic rings. The van der Waals surface area contributed by atoms with E-state index >= 15 is 0 Å². The van der Waals surface area contributed by atoms with Crippen LogP contribution in [0.3, 0.4) is 0 Å². The number of halogens is 3. The van der Waals surface area contributed by atoms with E-state index in [2.05, 4.69) is 10.1 Å². The summed E-state index contributed by atoms with van der Waals surface area (Å²) in [5, 5.41) is 2.89. The minimum Gasteiger partial charge on any atom is -0.459 e. The molecule has 0 heterocycles. The van der Waals surface area contributed by atoms with Crippen molar-refractivity contribution in [1.82, 2.24) is 5.32 Å². The van der Waals surface area contributed by atoms with E-state index in [0.29, 0.717) is 13.0 Å². The van der Waals surface area contributed by atoms with Gasteiger partial charge in [0, 0.05) is 0 Å². The fourth-order valence-electron chi connectivity index (χ4n) is 0.621. The topological polar surface area (TPSA) is 38.3 Å². The molecule has 0 bridgehead atoms. The van der Waals surface area contributed by atoms with E-state index in [1.165, 1.54) is 0 Å². The summed E-state index contributed by atoms with van der Waals surface area (Å²) in [7, 11) is 0. The second-order valence-corrected chi connectivity index (χ2v) is 2.34. The first-order chi connectivity index (χ1) is 5.98. The average Bonchev–Trinajstić information content (AvgIpc) is 2.02. The smallest absolute Gasteiger partial charge is 0.459 e. The Morgan fingerprint density at radius 2 is 2.08 bits per heavy atom. The first-order valence-corrected chi connectivity index (χ1v) is 3.93. The molecular formula is C7H12F3NO2. The highest BCUT2D eigenvalue weighted by Crippen LogP contribution is 2.16. The summed E-state index contributed by atoms with van der Waals surface area (Å²) >= 11 is 0. The van der Waals surface area contributed by atoms with Crippen LogP contribution in [0.15, 0.2) is 0 Å². The van der Waals surface area contributed by atoms with Gasteiger partial charge in [-0.1, -0.05) is 6.92 Å². The van der Waals surface area contributed by atoms with Crippen molar-refractivity contribution in [1.29, 1.82) is 0 Å². The van der Waals surface area contributed by atoms with E-state index in [1.807, 2.05) is 6.92 Å². The number of alkyl halides is 3. The number of nitrogens with one attached hydrogen (secondary N) is 1. The molecule has 0 aliphatic rings. The number of ether oxygens (including phenoxy) is 1. The van der Waals surface area contributed by atoms with Gasteiger partial charge in [-0.2, -0.15) is 13.2 Å². The molecule has 1 N–H and O–H groups in total. The van der Waals surface area contributed by atoms with Gasteiger partial charge >= 0.3 is 12.1 Å². The summed E-state index contributed by atoms with van der Waals surface area (Å²) in [4.78, 5) is 10.1. The molecule has 6 heteroatoms. The van der Waals surface area contributed by atoms with Crippen LogP contribution in [0.1, 0.15) is 13.3 Å². The maximum Gasteiger partial charge on any atom is 0.490 e. The molecule has 0 rings (SSSR count).